The maximum Gasteiger partial charge on any atom is -0.0246 e. The molecule has 18 aliphatic carbocycles. The van der Waals surface area contributed by atoms with E-state index in [0.29, 0.717) is 16.2 Å². The Balaban J connectivity index is 0.000000119. The van der Waals surface area contributed by atoms with Gasteiger partial charge in [0.05, 0.1) is 0 Å². The highest BCUT2D eigenvalue weighted by atomic mass is 14.7. The monoisotopic (exact) mass is 1190 g/mol. The first-order valence-corrected chi connectivity index (χ1v) is 40.7. The first-order chi connectivity index (χ1) is 40.7. The van der Waals surface area contributed by atoms with Gasteiger partial charge >= 0.3 is 0 Å². The lowest BCUT2D eigenvalue weighted by Gasteiger charge is -2.62. The van der Waals surface area contributed by atoms with Crippen molar-refractivity contribution in [3.63, 3.8) is 0 Å². The van der Waals surface area contributed by atoms with E-state index in [2.05, 4.69) is 125 Å². The van der Waals surface area contributed by atoms with Crippen molar-refractivity contribution in [3.8, 4) is 0 Å². The van der Waals surface area contributed by atoms with Crippen molar-refractivity contribution in [3.05, 3.63) is 0 Å². The molecule has 0 aromatic rings. The molecule has 0 spiro atoms. The average Bonchev–Trinajstić information content (AvgIpc) is 1.44. The Morgan fingerprint density at radius 2 is 0.733 bits per heavy atom. The lowest BCUT2D eigenvalue weighted by atomic mass is 9.43. The van der Waals surface area contributed by atoms with E-state index in [9.17, 15) is 0 Å². The molecule has 0 aliphatic heterocycles. The Bertz CT molecular complexity index is 1960. The van der Waals surface area contributed by atoms with E-state index in [1.165, 1.54) is 184 Å². The second-order valence-corrected chi connectivity index (χ2v) is 39.7. The van der Waals surface area contributed by atoms with Crippen LogP contribution in [-0.4, -0.2) is 0 Å². The third-order valence-corrected chi connectivity index (χ3v) is 34.0. The molecule has 0 aromatic carbocycles. The first-order valence-electron chi connectivity index (χ1n) is 40.7. The molecule has 86 heavy (non-hydrogen) atoms. The molecule has 14 bridgehead atoms. The minimum absolute atomic E-state index is 0.679. The van der Waals surface area contributed by atoms with Crippen LogP contribution in [0.3, 0.4) is 0 Å². The summed E-state index contributed by atoms with van der Waals surface area (Å²) in [5.74, 6) is 19.9. The molecule has 0 N–H and O–H groups in total. The van der Waals surface area contributed by atoms with E-state index < -0.39 is 0 Å². The van der Waals surface area contributed by atoms with Gasteiger partial charge in [0.15, 0.2) is 0 Å². The highest BCUT2D eigenvalue weighted by Gasteiger charge is 2.65. The summed E-state index contributed by atoms with van der Waals surface area (Å²) in [6.45, 7) is 43.8. The molecular weight excluding hydrogens is 1030 g/mol. The van der Waals surface area contributed by atoms with Crippen molar-refractivity contribution >= 4 is 0 Å². The molecule has 0 saturated heterocycles. The zero-order valence-corrected chi connectivity index (χ0v) is 62.1. The van der Waals surface area contributed by atoms with Crippen molar-refractivity contribution < 1.29 is 0 Å². The van der Waals surface area contributed by atoms with Gasteiger partial charge in [-0.05, 0) is 317 Å². The lowest BCUT2D eigenvalue weighted by molar-refractivity contribution is -0.122. The quantitative estimate of drug-likeness (QED) is 0.223. The van der Waals surface area contributed by atoms with Crippen LogP contribution in [0.25, 0.3) is 0 Å². The Morgan fingerprint density at radius 1 is 0.314 bits per heavy atom. The van der Waals surface area contributed by atoms with Crippen LogP contribution in [0.15, 0.2) is 0 Å². The van der Waals surface area contributed by atoms with Gasteiger partial charge in [-0.15, -0.1) is 0 Å². The molecule has 10 unspecified atom stereocenters. The summed E-state index contributed by atoms with van der Waals surface area (Å²) in [5, 5.41) is 0. The molecule has 18 saturated carbocycles. The van der Waals surface area contributed by atoms with Crippen molar-refractivity contribution in [2.75, 3.05) is 0 Å². The van der Waals surface area contributed by atoms with Gasteiger partial charge < -0.3 is 0 Å². The van der Waals surface area contributed by atoms with Gasteiger partial charge in [-0.3, -0.25) is 0 Å². The average molecular weight is 1190 g/mol. The number of rotatable bonds is 7. The topological polar surface area (TPSA) is 0 Å². The Morgan fingerprint density at radius 3 is 1.07 bits per heavy atom. The van der Waals surface area contributed by atoms with Crippen LogP contribution in [0.2, 0.25) is 0 Å². The molecule has 10 atom stereocenters. The molecule has 0 radical (unpaired) electrons. The van der Waals surface area contributed by atoms with E-state index >= 15 is 0 Å². The minimum atomic E-state index is 0.679. The van der Waals surface area contributed by atoms with E-state index in [1.807, 2.05) is 0 Å². The van der Waals surface area contributed by atoms with Crippen LogP contribution < -0.4 is 0 Å². The number of hydrogen-bond donors (Lipinski definition) is 0. The van der Waals surface area contributed by atoms with Crippen molar-refractivity contribution in [1.82, 2.24) is 0 Å². The van der Waals surface area contributed by atoms with E-state index in [1.54, 1.807) is 109 Å². The predicted octanol–water partition coefficient (Wildman–Crippen LogP) is 27.8. The van der Waals surface area contributed by atoms with Gasteiger partial charge in [-0.25, -0.2) is 0 Å². The van der Waals surface area contributed by atoms with Gasteiger partial charge in [0.2, 0.25) is 0 Å². The van der Waals surface area contributed by atoms with Gasteiger partial charge in [-0.2, -0.15) is 0 Å². The molecule has 0 heteroatoms. The maximum atomic E-state index is 2.60. The predicted molar refractivity (Wildman–Crippen MR) is 378 cm³/mol. The second kappa shape index (κ2) is 28.9. The number of hydrogen-bond acceptors (Lipinski definition) is 0. The molecule has 500 valence electrons. The largest absolute Gasteiger partial charge is 0.0649 e. The van der Waals surface area contributed by atoms with Crippen LogP contribution in [0, 0.1) is 150 Å². The smallest absolute Gasteiger partial charge is 0.0246 e. The first kappa shape index (κ1) is 70.3. The lowest BCUT2D eigenvalue weighted by Crippen LogP contribution is -2.53. The minimum Gasteiger partial charge on any atom is -0.0649 e. The van der Waals surface area contributed by atoms with E-state index in [4.69, 9.17) is 0 Å². The molecular formula is C86H156. The fourth-order valence-corrected chi connectivity index (χ4v) is 26.2. The summed E-state index contributed by atoms with van der Waals surface area (Å²) < 4.78 is 0. The molecule has 0 heterocycles. The second-order valence-electron chi connectivity index (χ2n) is 39.7. The Kier molecular flexibility index (Phi) is 23.7. The van der Waals surface area contributed by atoms with Gasteiger partial charge in [-0.1, -0.05) is 227 Å². The molecule has 0 aromatic heterocycles. The molecule has 18 fully saturated rings. The van der Waals surface area contributed by atoms with Gasteiger partial charge in [0.25, 0.3) is 0 Å². The van der Waals surface area contributed by atoms with Crippen LogP contribution in [-0.2, 0) is 0 Å². The van der Waals surface area contributed by atoms with Crippen molar-refractivity contribution in [1.29, 1.82) is 0 Å². The molecule has 0 nitrogen and oxygen atoms in total. The highest BCUT2D eigenvalue weighted by Crippen LogP contribution is 2.73. The normalized spacial score (nSPS) is 45.8. The van der Waals surface area contributed by atoms with Crippen molar-refractivity contribution in [2.24, 2.45) is 150 Å². The zero-order valence-electron chi connectivity index (χ0n) is 62.1. The Labute approximate surface area is 541 Å². The van der Waals surface area contributed by atoms with Gasteiger partial charge in [0.1, 0.15) is 0 Å². The maximum absolute atomic E-state index is 2.60. The summed E-state index contributed by atoms with van der Waals surface area (Å²) in [4.78, 5) is 0. The SMILES string of the molecule is CC(C)C1(C)C2CC3CC(C2)CC1C3.CC(C)C1(C)CCCC1.CC1(C)CCCCC1.CCC1(C)C2CC3CC(C2)CC1C3.CCC1(C)CC2CC1C1C3CCC(C3)C21.CCC1(C)CC2CCC1C2.CCC1(C)CCCC1.CCC1(C)CCCCC1. The molecule has 0 amide bonds. The fourth-order valence-electron chi connectivity index (χ4n) is 26.2. The van der Waals surface area contributed by atoms with E-state index in [-0.39, 0.29) is 0 Å². The van der Waals surface area contributed by atoms with Crippen LogP contribution in [0.4, 0.5) is 0 Å². The summed E-state index contributed by atoms with van der Waals surface area (Å²) in [7, 11) is 0. The highest BCUT2D eigenvalue weighted by molar-refractivity contribution is 5.14. The van der Waals surface area contributed by atoms with Crippen LogP contribution in [0.1, 0.15) is 394 Å². The fraction of sp³-hybridized carbons (Fsp3) is 1.00. The van der Waals surface area contributed by atoms with Crippen molar-refractivity contribution in [2.45, 2.75) is 394 Å². The Hall–Kier alpha value is 0. The molecule has 18 aliphatic rings. The standard InChI is InChI=1S/C15H24.C14H24.C13H22.C10H18.2C9H18.2C8H16/c1-3-15(2)8-11-7-12(15)14-10-5-4-9(6-10)13(11)14;1-9(2)14(3)12-5-10-4-11(7-12)8-13(14)6-10;1-3-13(2)11-5-9-4-10(7-11)8-12(13)6-9;1-3-10(2)7-8-4-5-9(10)6-8;1-8(2)9(3)6-4-5-7-9;1-3-9(2)7-5-4-6-8-9;1-8(2)6-4-3-5-7-8;1-3-8(2)6-4-5-7-8/h9-14H,3-8H2,1-2H3;9-13H,4-8H2,1-3H3;9-12H,3-8H2,1-2H3;8-9H,3-7H2,1-2H3;8H,4-7H2,1-3H3;3-8H2,1-2H3;2*3-7H2,1-2H3. The van der Waals surface area contributed by atoms with Crippen LogP contribution in [0.5, 0.6) is 0 Å². The summed E-state index contributed by atoms with van der Waals surface area (Å²) in [6.07, 6.45) is 63.5. The zero-order chi connectivity index (χ0) is 62.1. The third kappa shape index (κ3) is 15.5. The third-order valence-electron chi connectivity index (χ3n) is 34.0. The van der Waals surface area contributed by atoms with Crippen LogP contribution >= 0.6 is 0 Å². The summed E-state index contributed by atoms with van der Waals surface area (Å²) >= 11 is 0. The summed E-state index contributed by atoms with van der Waals surface area (Å²) in [6, 6.07) is 0. The van der Waals surface area contributed by atoms with E-state index in [0.717, 1.165) is 110 Å². The summed E-state index contributed by atoms with van der Waals surface area (Å²) in [5.41, 5.74) is 5.77. The van der Waals surface area contributed by atoms with Gasteiger partial charge in [0, 0.05) is 0 Å². The molecule has 18 rings (SSSR count). The number of fused-ring (bicyclic) bond motifs is 11.